The SMILES string of the molecule is CC(C)Cc1ccc(C#CC(=O)N2CCN(c3ncccn3)C(Cl)C2)cc1. The summed E-state index contributed by atoms with van der Waals surface area (Å²) in [6.07, 6.45) is 4.40. The number of carbonyl (C=O) groups is 1. The predicted molar refractivity (Wildman–Crippen MR) is 107 cm³/mol. The highest BCUT2D eigenvalue weighted by molar-refractivity contribution is 6.22. The van der Waals surface area contributed by atoms with Crippen molar-refractivity contribution in [1.29, 1.82) is 0 Å². The maximum Gasteiger partial charge on any atom is 0.299 e. The van der Waals surface area contributed by atoms with Gasteiger partial charge in [0.15, 0.2) is 0 Å². The van der Waals surface area contributed by atoms with Gasteiger partial charge in [-0.1, -0.05) is 43.5 Å². The van der Waals surface area contributed by atoms with Gasteiger partial charge in [0, 0.05) is 37.0 Å². The Bertz CT molecular complexity index is 827. The number of hydrogen-bond acceptors (Lipinski definition) is 4. The molecular formula is C21H23ClN4O. The molecule has 1 atom stereocenters. The quantitative estimate of drug-likeness (QED) is 0.465. The van der Waals surface area contributed by atoms with Crippen molar-refractivity contribution in [2.24, 2.45) is 5.92 Å². The highest BCUT2D eigenvalue weighted by Crippen LogP contribution is 2.18. The number of nitrogens with zero attached hydrogens (tertiary/aromatic N) is 4. The fourth-order valence-corrected chi connectivity index (χ4v) is 3.34. The van der Waals surface area contributed by atoms with Crippen LogP contribution in [0.4, 0.5) is 5.95 Å². The molecule has 1 saturated heterocycles. The molecule has 0 spiro atoms. The van der Waals surface area contributed by atoms with Crippen molar-refractivity contribution in [1.82, 2.24) is 14.9 Å². The van der Waals surface area contributed by atoms with E-state index >= 15 is 0 Å². The summed E-state index contributed by atoms with van der Waals surface area (Å²) >= 11 is 6.44. The van der Waals surface area contributed by atoms with Crippen LogP contribution in [0.1, 0.15) is 25.0 Å². The molecule has 1 aliphatic heterocycles. The molecule has 140 valence electrons. The van der Waals surface area contributed by atoms with Crippen LogP contribution in [0.25, 0.3) is 0 Å². The third kappa shape index (κ3) is 5.21. The minimum Gasteiger partial charge on any atom is -0.327 e. The zero-order chi connectivity index (χ0) is 19.2. The summed E-state index contributed by atoms with van der Waals surface area (Å²) in [5.74, 6) is 6.68. The van der Waals surface area contributed by atoms with E-state index in [0.29, 0.717) is 31.5 Å². The molecule has 5 nitrogen and oxygen atoms in total. The normalized spacial score (nSPS) is 16.8. The van der Waals surface area contributed by atoms with Gasteiger partial charge >= 0.3 is 0 Å². The molecule has 1 aliphatic rings. The van der Waals surface area contributed by atoms with Crippen molar-refractivity contribution in [3.63, 3.8) is 0 Å². The zero-order valence-electron chi connectivity index (χ0n) is 15.6. The second-order valence-corrected chi connectivity index (χ2v) is 7.48. The van der Waals surface area contributed by atoms with Crippen LogP contribution in [0.3, 0.4) is 0 Å². The Morgan fingerprint density at radius 3 is 2.56 bits per heavy atom. The molecule has 0 radical (unpaired) electrons. The predicted octanol–water partition coefficient (Wildman–Crippen LogP) is 2.94. The Morgan fingerprint density at radius 2 is 1.93 bits per heavy atom. The van der Waals surface area contributed by atoms with Gasteiger partial charge in [0.1, 0.15) is 5.50 Å². The largest absolute Gasteiger partial charge is 0.327 e. The first-order chi connectivity index (χ1) is 13.0. The summed E-state index contributed by atoms with van der Waals surface area (Å²) < 4.78 is 0. The molecule has 6 heteroatoms. The highest BCUT2D eigenvalue weighted by atomic mass is 35.5. The lowest BCUT2D eigenvalue weighted by Crippen LogP contribution is -2.53. The van der Waals surface area contributed by atoms with Gasteiger partial charge in [0.2, 0.25) is 5.95 Å². The van der Waals surface area contributed by atoms with Crippen LogP contribution in [-0.2, 0) is 11.2 Å². The average molecular weight is 383 g/mol. The van der Waals surface area contributed by atoms with Gasteiger partial charge in [-0.05, 0) is 36.1 Å². The maximum atomic E-state index is 12.4. The van der Waals surface area contributed by atoms with Gasteiger partial charge in [-0.2, -0.15) is 0 Å². The molecule has 2 heterocycles. The number of alkyl halides is 1. The van der Waals surface area contributed by atoms with Gasteiger partial charge in [-0.15, -0.1) is 0 Å². The molecule has 2 aromatic rings. The smallest absolute Gasteiger partial charge is 0.299 e. The van der Waals surface area contributed by atoms with Gasteiger partial charge in [0.05, 0.1) is 6.54 Å². The molecule has 0 aliphatic carbocycles. The Morgan fingerprint density at radius 1 is 1.22 bits per heavy atom. The van der Waals surface area contributed by atoms with Crippen molar-refractivity contribution < 1.29 is 4.79 Å². The monoisotopic (exact) mass is 382 g/mol. The number of halogens is 1. The van der Waals surface area contributed by atoms with Crippen molar-refractivity contribution >= 4 is 23.5 Å². The molecule has 1 fully saturated rings. The zero-order valence-corrected chi connectivity index (χ0v) is 16.4. The van der Waals surface area contributed by atoms with E-state index < -0.39 is 0 Å². The third-order valence-corrected chi connectivity index (χ3v) is 4.70. The van der Waals surface area contributed by atoms with Crippen LogP contribution in [0, 0.1) is 17.8 Å². The van der Waals surface area contributed by atoms with Crippen LogP contribution in [-0.4, -0.2) is 45.9 Å². The molecule has 27 heavy (non-hydrogen) atoms. The van der Waals surface area contributed by atoms with E-state index in [1.165, 1.54) is 5.56 Å². The molecule has 1 aromatic heterocycles. The number of anilines is 1. The van der Waals surface area contributed by atoms with Crippen LogP contribution in [0.15, 0.2) is 42.7 Å². The van der Waals surface area contributed by atoms with Crippen LogP contribution < -0.4 is 4.90 Å². The lowest BCUT2D eigenvalue weighted by atomic mass is 10.0. The van der Waals surface area contributed by atoms with E-state index in [2.05, 4.69) is 47.8 Å². The third-order valence-electron chi connectivity index (χ3n) is 4.33. The van der Waals surface area contributed by atoms with E-state index in [0.717, 1.165) is 12.0 Å². The topological polar surface area (TPSA) is 49.3 Å². The first-order valence-corrected chi connectivity index (χ1v) is 9.54. The van der Waals surface area contributed by atoms with E-state index in [1.54, 1.807) is 23.4 Å². The van der Waals surface area contributed by atoms with Gasteiger partial charge in [-0.25, -0.2) is 9.97 Å². The van der Waals surface area contributed by atoms with E-state index in [9.17, 15) is 4.79 Å². The van der Waals surface area contributed by atoms with Gasteiger partial charge in [-0.3, -0.25) is 4.79 Å². The van der Waals surface area contributed by atoms with E-state index in [1.807, 2.05) is 17.0 Å². The number of hydrogen-bond donors (Lipinski definition) is 0. The van der Waals surface area contributed by atoms with Crippen molar-refractivity contribution in [3.05, 3.63) is 53.9 Å². The van der Waals surface area contributed by atoms with E-state index in [4.69, 9.17) is 11.6 Å². The molecule has 0 saturated carbocycles. The first kappa shape index (κ1) is 19.2. The molecule has 3 rings (SSSR count). The van der Waals surface area contributed by atoms with Crippen LogP contribution >= 0.6 is 11.6 Å². The molecule has 1 amide bonds. The Hall–Kier alpha value is -2.58. The minimum absolute atomic E-state index is 0.208. The fraction of sp³-hybridized carbons (Fsp3) is 0.381. The second kappa shape index (κ2) is 8.88. The standard InChI is InChI=1S/C21H23ClN4O/c1-16(2)14-18-6-4-17(5-7-18)8-9-20(27)25-12-13-26(19(22)15-25)21-23-10-3-11-24-21/h3-7,10-11,16,19H,12-15H2,1-2H3. The summed E-state index contributed by atoms with van der Waals surface area (Å²) in [7, 11) is 0. The lowest BCUT2D eigenvalue weighted by molar-refractivity contribution is -0.125. The van der Waals surface area contributed by atoms with Crippen LogP contribution in [0.5, 0.6) is 0 Å². The molecule has 1 unspecified atom stereocenters. The summed E-state index contributed by atoms with van der Waals surface area (Å²) in [6.45, 7) is 5.90. The summed E-state index contributed by atoms with van der Waals surface area (Å²) in [4.78, 5) is 24.4. The van der Waals surface area contributed by atoms with Crippen molar-refractivity contribution in [3.8, 4) is 11.8 Å². The van der Waals surface area contributed by atoms with Gasteiger partial charge < -0.3 is 9.80 Å². The summed E-state index contributed by atoms with van der Waals surface area (Å²) in [5.41, 5.74) is 1.75. The Labute approximate surface area is 165 Å². The number of piperazine rings is 1. The molecule has 0 bridgehead atoms. The summed E-state index contributed by atoms with van der Waals surface area (Å²) in [5, 5.41) is 0. The molecule has 0 N–H and O–H groups in total. The Kier molecular flexibility index (Phi) is 6.31. The lowest BCUT2D eigenvalue weighted by Gasteiger charge is -2.37. The molecular weight excluding hydrogens is 360 g/mol. The Balaban J connectivity index is 1.59. The van der Waals surface area contributed by atoms with E-state index in [-0.39, 0.29) is 11.4 Å². The number of aromatic nitrogens is 2. The number of benzene rings is 1. The number of amides is 1. The molecule has 1 aromatic carbocycles. The van der Waals surface area contributed by atoms with Gasteiger partial charge in [0.25, 0.3) is 5.91 Å². The highest BCUT2D eigenvalue weighted by Gasteiger charge is 2.28. The van der Waals surface area contributed by atoms with Crippen LogP contribution in [0.2, 0.25) is 0 Å². The first-order valence-electron chi connectivity index (χ1n) is 9.10. The van der Waals surface area contributed by atoms with Crippen molar-refractivity contribution in [2.75, 3.05) is 24.5 Å². The maximum absolute atomic E-state index is 12.4. The number of rotatable bonds is 3. The average Bonchev–Trinajstić information content (AvgIpc) is 2.67. The number of carbonyl (C=O) groups excluding carboxylic acids is 1. The second-order valence-electron chi connectivity index (χ2n) is 6.97. The fourth-order valence-electron chi connectivity index (χ4n) is 2.99. The van der Waals surface area contributed by atoms with Crippen molar-refractivity contribution in [2.45, 2.75) is 25.8 Å². The minimum atomic E-state index is -0.373. The summed E-state index contributed by atoms with van der Waals surface area (Å²) in [6, 6.07) is 9.83.